The molecule has 5 nitrogen and oxygen atoms in total. The zero-order valence-electron chi connectivity index (χ0n) is 29.4. The predicted octanol–water partition coefficient (Wildman–Crippen LogP) is 8.39. The SMILES string of the molecule is CCOC(=O)C1(C(=O)OCC)C(C)(c2ccccc2)C2C(C)(OC3(C)C(C)(C)C(C)(C)C(C)(C)C(C)(C)C23C)C1(C)C. The number of hydrogen-bond acceptors (Lipinski definition) is 5. The molecule has 0 radical (unpaired) electrons. The van der Waals surface area contributed by atoms with Gasteiger partial charge in [-0.1, -0.05) is 113 Å². The smallest absolute Gasteiger partial charge is 0.325 e. The van der Waals surface area contributed by atoms with Crippen LogP contribution in [0.25, 0.3) is 0 Å². The molecule has 1 aliphatic heterocycles. The third-order valence-electron chi connectivity index (χ3n) is 15.8. The lowest BCUT2D eigenvalue weighted by molar-refractivity contribution is -0.327. The fourth-order valence-corrected chi connectivity index (χ4v) is 11.5. The number of esters is 2. The molecule has 1 saturated heterocycles. The van der Waals surface area contributed by atoms with Crippen molar-refractivity contribution in [2.45, 2.75) is 127 Å². The Kier molecular flexibility index (Phi) is 6.96. The normalized spacial score (nSPS) is 39.6. The summed E-state index contributed by atoms with van der Waals surface area (Å²) in [5.74, 6) is -1.33. The standard InChI is InChI=1S/C37H58O5/c1-17-40-26(38)37(27(39)41-18-2)32(11,12)35(15)25(33(37,13)24-22-20-19-21-23-24)34(14)30(7,8)28(3,4)29(5,6)31(9,10)36(34,16)42-35/h19-23,25H,17-18H2,1-16H3. The summed E-state index contributed by atoms with van der Waals surface area (Å²) < 4.78 is 19.6. The molecule has 0 bridgehead atoms. The second-order valence-electron chi connectivity index (χ2n) is 16.8. The van der Waals surface area contributed by atoms with Crippen LogP contribution in [0.3, 0.4) is 0 Å². The Morgan fingerprint density at radius 2 is 1.07 bits per heavy atom. The monoisotopic (exact) mass is 582 g/mol. The zero-order chi connectivity index (χ0) is 32.4. The molecule has 1 heterocycles. The maximum Gasteiger partial charge on any atom is 0.325 e. The summed E-state index contributed by atoms with van der Waals surface area (Å²) in [6.07, 6.45) is 0. The van der Waals surface area contributed by atoms with Gasteiger partial charge in [0.05, 0.1) is 24.4 Å². The number of rotatable bonds is 5. The molecule has 2 aliphatic carbocycles. The Labute approximate surface area is 255 Å². The molecule has 236 valence electrons. The Balaban J connectivity index is 2.30. The van der Waals surface area contributed by atoms with Gasteiger partial charge in [-0.2, -0.15) is 0 Å². The van der Waals surface area contributed by atoms with E-state index in [0.717, 1.165) is 5.56 Å². The van der Waals surface area contributed by atoms with Crippen LogP contribution in [0.15, 0.2) is 30.3 Å². The molecule has 0 spiro atoms. The van der Waals surface area contributed by atoms with Gasteiger partial charge >= 0.3 is 11.9 Å². The van der Waals surface area contributed by atoms with E-state index < -0.39 is 44.8 Å². The molecular weight excluding hydrogens is 524 g/mol. The number of hydrogen-bond donors (Lipinski definition) is 0. The number of carbonyl (C=O) groups is 2. The minimum atomic E-state index is -1.67. The highest BCUT2D eigenvalue weighted by Gasteiger charge is 2.94. The van der Waals surface area contributed by atoms with Crippen LogP contribution in [0.5, 0.6) is 0 Å². The van der Waals surface area contributed by atoms with Crippen LogP contribution < -0.4 is 0 Å². The van der Waals surface area contributed by atoms with Gasteiger partial charge in [0.2, 0.25) is 0 Å². The molecule has 3 aliphatic rings. The van der Waals surface area contributed by atoms with Gasteiger partial charge in [0, 0.05) is 22.2 Å². The first-order valence-corrected chi connectivity index (χ1v) is 16.0. The van der Waals surface area contributed by atoms with E-state index in [1.807, 2.05) is 32.0 Å². The van der Waals surface area contributed by atoms with E-state index in [2.05, 4.69) is 95.2 Å². The summed E-state index contributed by atoms with van der Waals surface area (Å²) in [6, 6.07) is 10.1. The van der Waals surface area contributed by atoms with E-state index >= 15 is 0 Å². The fraction of sp³-hybridized carbons (Fsp3) is 0.784. The van der Waals surface area contributed by atoms with Crippen molar-refractivity contribution in [1.29, 1.82) is 0 Å². The molecule has 0 aromatic heterocycles. The highest BCUT2D eigenvalue weighted by Crippen LogP contribution is 2.88. The number of benzene rings is 1. The van der Waals surface area contributed by atoms with Crippen molar-refractivity contribution in [1.82, 2.24) is 0 Å². The number of ether oxygens (including phenoxy) is 3. The molecule has 0 amide bonds. The molecule has 5 heteroatoms. The molecule has 1 aromatic rings. The minimum absolute atomic E-state index is 0.126. The average molecular weight is 583 g/mol. The van der Waals surface area contributed by atoms with Crippen LogP contribution >= 0.6 is 0 Å². The molecule has 42 heavy (non-hydrogen) atoms. The minimum Gasteiger partial charge on any atom is -0.465 e. The van der Waals surface area contributed by atoms with Crippen LogP contribution in [0.2, 0.25) is 0 Å². The lowest BCUT2D eigenvalue weighted by Crippen LogP contribution is -2.77. The van der Waals surface area contributed by atoms with Gasteiger partial charge in [-0.3, -0.25) is 9.59 Å². The molecule has 1 aromatic carbocycles. The van der Waals surface area contributed by atoms with Crippen molar-refractivity contribution in [3.05, 3.63) is 35.9 Å². The first-order chi connectivity index (χ1) is 18.9. The van der Waals surface area contributed by atoms with E-state index in [9.17, 15) is 9.59 Å². The second-order valence-corrected chi connectivity index (χ2v) is 16.8. The van der Waals surface area contributed by atoms with Crippen LogP contribution in [-0.2, 0) is 29.2 Å². The van der Waals surface area contributed by atoms with Crippen molar-refractivity contribution < 1.29 is 23.8 Å². The molecule has 2 saturated carbocycles. The largest absolute Gasteiger partial charge is 0.465 e. The molecule has 4 rings (SSSR count). The Morgan fingerprint density at radius 3 is 1.50 bits per heavy atom. The number of fused-ring (bicyclic) bond motifs is 3. The quantitative estimate of drug-likeness (QED) is 0.258. The van der Waals surface area contributed by atoms with Crippen LogP contribution in [0.1, 0.15) is 116 Å². The van der Waals surface area contributed by atoms with Gasteiger partial charge in [0.15, 0.2) is 5.41 Å². The summed E-state index contributed by atoms with van der Waals surface area (Å²) in [5, 5.41) is 0. The first-order valence-electron chi connectivity index (χ1n) is 16.0. The number of carbonyl (C=O) groups excluding carboxylic acids is 2. The van der Waals surface area contributed by atoms with Crippen LogP contribution in [0, 0.1) is 43.8 Å². The highest BCUT2D eigenvalue weighted by molar-refractivity contribution is 6.04. The Bertz CT molecular complexity index is 1250. The first kappa shape index (κ1) is 33.0. The summed E-state index contributed by atoms with van der Waals surface area (Å²) >= 11 is 0. The molecule has 5 atom stereocenters. The van der Waals surface area contributed by atoms with Crippen molar-refractivity contribution >= 4 is 11.9 Å². The third-order valence-corrected chi connectivity index (χ3v) is 15.8. The maximum absolute atomic E-state index is 14.7. The second kappa shape index (κ2) is 8.86. The average Bonchev–Trinajstić information content (AvgIpc) is 3.16. The van der Waals surface area contributed by atoms with Gasteiger partial charge in [-0.25, -0.2) is 0 Å². The molecule has 5 unspecified atom stereocenters. The Hall–Kier alpha value is -1.88. The van der Waals surface area contributed by atoms with E-state index in [1.54, 1.807) is 13.8 Å². The van der Waals surface area contributed by atoms with Gasteiger partial charge in [-0.15, -0.1) is 0 Å². The zero-order valence-corrected chi connectivity index (χ0v) is 29.4. The molecule has 3 fully saturated rings. The van der Waals surface area contributed by atoms with E-state index in [1.165, 1.54) is 0 Å². The highest BCUT2D eigenvalue weighted by atomic mass is 16.6. The summed E-state index contributed by atoms with van der Waals surface area (Å²) in [6.45, 7) is 36.1. The fourth-order valence-electron chi connectivity index (χ4n) is 11.5. The lowest BCUT2D eigenvalue weighted by atomic mass is 9.28. The predicted molar refractivity (Wildman–Crippen MR) is 168 cm³/mol. The summed E-state index contributed by atoms with van der Waals surface area (Å²) in [7, 11) is 0. The van der Waals surface area contributed by atoms with Crippen LogP contribution in [-0.4, -0.2) is 36.4 Å². The van der Waals surface area contributed by atoms with Crippen molar-refractivity contribution in [3.63, 3.8) is 0 Å². The lowest BCUT2D eigenvalue weighted by Gasteiger charge is -2.76. The molecule has 0 N–H and O–H groups in total. The van der Waals surface area contributed by atoms with Gasteiger partial charge in [-0.05, 0) is 54.9 Å². The topological polar surface area (TPSA) is 61.8 Å². The maximum atomic E-state index is 14.7. The van der Waals surface area contributed by atoms with Crippen LogP contribution in [0.4, 0.5) is 0 Å². The molecular formula is C37H58O5. The van der Waals surface area contributed by atoms with Gasteiger partial charge in [0.1, 0.15) is 0 Å². The third kappa shape index (κ3) is 2.88. The van der Waals surface area contributed by atoms with E-state index in [4.69, 9.17) is 14.2 Å². The van der Waals surface area contributed by atoms with E-state index in [-0.39, 0.29) is 40.8 Å². The summed E-state index contributed by atoms with van der Waals surface area (Å²) in [5.41, 5.74) is -5.72. The van der Waals surface area contributed by atoms with Crippen molar-refractivity contribution in [2.24, 2.45) is 43.8 Å². The van der Waals surface area contributed by atoms with Gasteiger partial charge < -0.3 is 14.2 Å². The van der Waals surface area contributed by atoms with Crippen molar-refractivity contribution in [2.75, 3.05) is 13.2 Å². The van der Waals surface area contributed by atoms with Gasteiger partial charge in [0.25, 0.3) is 0 Å². The van der Waals surface area contributed by atoms with E-state index in [0.29, 0.717) is 0 Å². The Morgan fingerprint density at radius 1 is 0.643 bits per heavy atom. The van der Waals surface area contributed by atoms with Crippen molar-refractivity contribution in [3.8, 4) is 0 Å². The summed E-state index contributed by atoms with van der Waals surface area (Å²) in [4.78, 5) is 29.5.